The molecule has 2 rings (SSSR count). The van der Waals surface area contributed by atoms with Gasteiger partial charge in [-0.3, -0.25) is 4.79 Å². The zero-order chi connectivity index (χ0) is 23.0. The van der Waals surface area contributed by atoms with Crippen molar-refractivity contribution >= 4 is 40.4 Å². The van der Waals surface area contributed by atoms with Gasteiger partial charge in [0.15, 0.2) is 0 Å². The number of amides is 1. The number of carbonyl (C=O) groups excluding carboxylic acids is 1. The van der Waals surface area contributed by atoms with E-state index < -0.39 is 11.7 Å². The predicted molar refractivity (Wildman–Crippen MR) is 124 cm³/mol. The molecular formula is C21H27ClFN7O. The number of nitrogens with one attached hydrogen (secondary N) is 5. The Morgan fingerprint density at radius 1 is 1.35 bits per heavy atom. The summed E-state index contributed by atoms with van der Waals surface area (Å²) < 4.78 is 14.5. The highest BCUT2D eigenvalue weighted by atomic mass is 35.5. The van der Waals surface area contributed by atoms with Crippen LogP contribution in [-0.4, -0.2) is 55.7 Å². The highest BCUT2D eigenvalue weighted by Crippen LogP contribution is 2.30. The van der Waals surface area contributed by atoms with Crippen molar-refractivity contribution in [2.45, 2.75) is 6.92 Å². The maximum absolute atomic E-state index is 14.5. The largest absolute Gasteiger partial charge is 0.364 e. The molecule has 10 heteroatoms. The first-order valence-corrected chi connectivity index (χ1v) is 10.0. The Labute approximate surface area is 186 Å². The van der Waals surface area contributed by atoms with Gasteiger partial charge in [-0.25, -0.2) is 9.37 Å². The molecule has 1 heterocycles. The highest BCUT2D eigenvalue weighted by Gasteiger charge is 2.16. The summed E-state index contributed by atoms with van der Waals surface area (Å²) in [4.78, 5) is 18.2. The van der Waals surface area contributed by atoms with Crippen LogP contribution in [0.25, 0.3) is 0 Å². The molecule has 8 nitrogen and oxygen atoms in total. The summed E-state index contributed by atoms with van der Waals surface area (Å²) in [5.41, 5.74) is 0.925. The van der Waals surface area contributed by atoms with Crippen LogP contribution in [0.1, 0.15) is 17.3 Å². The minimum atomic E-state index is -0.589. The molecule has 0 aliphatic rings. The van der Waals surface area contributed by atoms with Gasteiger partial charge < -0.3 is 31.6 Å². The minimum Gasteiger partial charge on any atom is -0.364 e. The maximum atomic E-state index is 14.5. The lowest BCUT2D eigenvalue weighted by molar-refractivity contribution is 0.0963. The number of hydrogen-bond donors (Lipinski definition) is 5. The molecule has 1 amide bonds. The fraction of sp³-hybridized carbons (Fsp3) is 0.286. The first-order chi connectivity index (χ1) is 14.8. The Balaban J connectivity index is 2.33. The average Bonchev–Trinajstić information content (AvgIpc) is 2.74. The Bertz CT molecular complexity index is 978. The molecule has 0 fully saturated rings. The number of carbonyl (C=O) groups is 1. The van der Waals surface area contributed by atoms with Crippen LogP contribution in [0.3, 0.4) is 0 Å². The van der Waals surface area contributed by atoms with Crippen LogP contribution >= 0.6 is 11.6 Å². The monoisotopic (exact) mass is 447 g/mol. The van der Waals surface area contributed by atoms with Crippen molar-refractivity contribution in [2.75, 3.05) is 44.9 Å². The van der Waals surface area contributed by atoms with Crippen molar-refractivity contribution in [3.63, 3.8) is 0 Å². The van der Waals surface area contributed by atoms with E-state index in [1.807, 2.05) is 25.9 Å². The van der Waals surface area contributed by atoms with Crippen LogP contribution in [0.5, 0.6) is 0 Å². The molecular weight excluding hydrogens is 421 g/mol. The third-order valence-electron chi connectivity index (χ3n) is 4.21. The van der Waals surface area contributed by atoms with Gasteiger partial charge in [0.05, 0.1) is 28.2 Å². The van der Waals surface area contributed by atoms with Crippen molar-refractivity contribution in [1.82, 2.24) is 20.5 Å². The summed E-state index contributed by atoms with van der Waals surface area (Å²) in [6, 6.07) is 5.84. The fourth-order valence-corrected chi connectivity index (χ4v) is 2.75. The van der Waals surface area contributed by atoms with E-state index in [0.29, 0.717) is 29.6 Å². The van der Waals surface area contributed by atoms with Crippen molar-refractivity contribution in [3.05, 3.63) is 58.8 Å². The Morgan fingerprint density at radius 3 is 2.74 bits per heavy atom. The molecule has 31 heavy (non-hydrogen) atoms. The number of para-hydroxylation sites is 1. The lowest BCUT2D eigenvalue weighted by atomic mass is 10.1. The molecule has 0 aliphatic heterocycles. The van der Waals surface area contributed by atoms with E-state index in [1.165, 1.54) is 31.4 Å². The van der Waals surface area contributed by atoms with E-state index >= 15 is 0 Å². The number of hydrogen-bond acceptors (Lipinski definition) is 7. The zero-order valence-electron chi connectivity index (χ0n) is 17.9. The SMILES string of the molecule is CCNCC(=N)/C=C(/Nc1cc(Nc2c(F)cccc2C(=O)NC)c(Cl)cn1)N(C)C. The molecule has 166 valence electrons. The quantitative estimate of drug-likeness (QED) is 0.357. The van der Waals surface area contributed by atoms with Crippen LogP contribution in [0.4, 0.5) is 21.6 Å². The number of pyridine rings is 1. The second-order valence-electron chi connectivity index (χ2n) is 6.77. The third kappa shape index (κ3) is 6.66. The van der Waals surface area contributed by atoms with Crippen LogP contribution in [0, 0.1) is 11.2 Å². The Hall–Kier alpha value is -3.17. The van der Waals surface area contributed by atoms with Crippen molar-refractivity contribution in [2.24, 2.45) is 0 Å². The number of aromatic nitrogens is 1. The van der Waals surface area contributed by atoms with Crippen molar-refractivity contribution < 1.29 is 9.18 Å². The number of rotatable bonds is 10. The lowest BCUT2D eigenvalue weighted by Gasteiger charge is -2.20. The second kappa shape index (κ2) is 11.3. The highest BCUT2D eigenvalue weighted by molar-refractivity contribution is 6.33. The molecule has 5 N–H and O–H groups in total. The van der Waals surface area contributed by atoms with E-state index in [2.05, 4.69) is 26.3 Å². The third-order valence-corrected chi connectivity index (χ3v) is 4.52. The maximum Gasteiger partial charge on any atom is 0.253 e. The molecule has 2 aromatic rings. The molecule has 0 saturated carbocycles. The van der Waals surface area contributed by atoms with Gasteiger partial charge in [0.1, 0.15) is 17.5 Å². The standard InChI is InChI=1S/C21H27ClFN7O/c1-5-26-11-13(24)9-19(30(3)4)29-18-10-17(15(22)12-27-18)28-20-14(21(31)25-2)7-6-8-16(20)23/h6-10,12,24,26H,5,11H2,1-4H3,(H,25,31)(H2,27,28,29)/b19-9-,24-13?. The van der Waals surface area contributed by atoms with Crippen LogP contribution < -0.4 is 21.3 Å². The zero-order valence-corrected chi connectivity index (χ0v) is 18.7. The summed E-state index contributed by atoms with van der Waals surface area (Å²) in [6.45, 7) is 3.17. The Kier molecular flexibility index (Phi) is 8.77. The van der Waals surface area contributed by atoms with E-state index in [0.717, 1.165) is 6.54 Å². The van der Waals surface area contributed by atoms with Crippen molar-refractivity contribution in [1.29, 1.82) is 5.41 Å². The van der Waals surface area contributed by atoms with Crippen LogP contribution in [0.2, 0.25) is 5.02 Å². The normalized spacial score (nSPS) is 11.1. The summed E-state index contributed by atoms with van der Waals surface area (Å²) in [7, 11) is 5.15. The van der Waals surface area contributed by atoms with Gasteiger partial charge in [0, 0.05) is 45.5 Å². The first kappa shape index (κ1) is 24.1. The number of halogens is 2. The van der Waals surface area contributed by atoms with Crippen LogP contribution in [0.15, 0.2) is 42.4 Å². The van der Waals surface area contributed by atoms with Gasteiger partial charge in [-0.2, -0.15) is 0 Å². The lowest BCUT2D eigenvalue weighted by Crippen LogP contribution is -2.24. The number of benzene rings is 1. The summed E-state index contributed by atoms with van der Waals surface area (Å²) in [5.74, 6) is 0.0540. The molecule has 0 atom stereocenters. The molecule has 0 radical (unpaired) electrons. The number of anilines is 3. The van der Waals surface area contributed by atoms with E-state index in [4.69, 9.17) is 17.0 Å². The topological polar surface area (TPSA) is 105 Å². The molecule has 0 aliphatic carbocycles. The average molecular weight is 448 g/mol. The molecule has 0 spiro atoms. The Morgan fingerprint density at radius 2 is 2.10 bits per heavy atom. The van der Waals surface area contributed by atoms with Gasteiger partial charge in [0.25, 0.3) is 5.91 Å². The minimum absolute atomic E-state index is 0.0108. The fourth-order valence-electron chi connectivity index (χ4n) is 2.60. The second-order valence-corrected chi connectivity index (χ2v) is 7.18. The summed E-state index contributed by atoms with van der Waals surface area (Å²) >= 11 is 6.26. The first-order valence-electron chi connectivity index (χ1n) is 9.64. The van der Waals surface area contributed by atoms with Gasteiger partial charge in [0.2, 0.25) is 0 Å². The van der Waals surface area contributed by atoms with Gasteiger partial charge in [-0.15, -0.1) is 0 Å². The van der Waals surface area contributed by atoms with Gasteiger partial charge >= 0.3 is 0 Å². The summed E-state index contributed by atoms with van der Waals surface area (Å²) in [5, 5.41) is 20.0. The van der Waals surface area contributed by atoms with E-state index in [-0.39, 0.29) is 16.3 Å². The van der Waals surface area contributed by atoms with Crippen LogP contribution in [-0.2, 0) is 0 Å². The molecule has 1 aromatic carbocycles. The van der Waals surface area contributed by atoms with Crippen molar-refractivity contribution in [3.8, 4) is 0 Å². The smallest absolute Gasteiger partial charge is 0.253 e. The number of nitrogens with zero attached hydrogens (tertiary/aromatic N) is 2. The molecule has 0 bridgehead atoms. The van der Waals surface area contributed by atoms with E-state index in [1.54, 1.807) is 12.1 Å². The molecule has 1 aromatic heterocycles. The summed E-state index contributed by atoms with van der Waals surface area (Å²) in [6.07, 6.45) is 3.11. The molecule has 0 saturated heterocycles. The predicted octanol–water partition coefficient (Wildman–Crippen LogP) is 3.42. The molecule has 0 unspecified atom stereocenters. The van der Waals surface area contributed by atoms with E-state index in [9.17, 15) is 9.18 Å². The van der Waals surface area contributed by atoms with Gasteiger partial charge in [-0.05, 0) is 18.7 Å². The van der Waals surface area contributed by atoms with Gasteiger partial charge in [-0.1, -0.05) is 24.6 Å².